The minimum atomic E-state index is -3.42. The van der Waals surface area contributed by atoms with Gasteiger partial charge in [-0.1, -0.05) is 11.3 Å². The van der Waals surface area contributed by atoms with E-state index in [2.05, 4.69) is 17.1 Å². The van der Waals surface area contributed by atoms with Crippen LogP contribution in [0, 0.1) is 13.8 Å². The predicted molar refractivity (Wildman–Crippen MR) is 99.2 cm³/mol. The fourth-order valence-electron chi connectivity index (χ4n) is 2.26. The van der Waals surface area contributed by atoms with E-state index in [4.69, 9.17) is 4.74 Å². The lowest BCUT2D eigenvalue weighted by Crippen LogP contribution is -2.31. The van der Waals surface area contributed by atoms with E-state index >= 15 is 0 Å². The SMILES string of the molecule is COCCn1c(=NC(=O)CN(C)S(C)(=O)=O)sc2cc(C)c(C)cc21. The molecule has 0 bridgehead atoms. The first-order valence-corrected chi connectivity index (χ1v) is 10.4. The van der Waals surface area contributed by atoms with Gasteiger partial charge in [0, 0.05) is 20.7 Å². The van der Waals surface area contributed by atoms with Gasteiger partial charge in [-0.15, -0.1) is 0 Å². The smallest absolute Gasteiger partial charge is 0.263 e. The Kier molecular flexibility index (Phi) is 6.15. The highest BCUT2D eigenvalue weighted by Gasteiger charge is 2.15. The molecule has 1 aromatic carbocycles. The minimum Gasteiger partial charge on any atom is -0.383 e. The van der Waals surface area contributed by atoms with Crippen molar-refractivity contribution in [1.29, 1.82) is 0 Å². The first-order valence-electron chi connectivity index (χ1n) is 7.72. The van der Waals surface area contributed by atoms with Gasteiger partial charge >= 0.3 is 0 Å². The number of ether oxygens (including phenoxy) is 1. The van der Waals surface area contributed by atoms with Crippen molar-refractivity contribution < 1.29 is 17.9 Å². The Morgan fingerprint density at radius 3 is 2.56 bits per heavy atom. The number of aromatic nitrogens is 1. The average molecular weight is 386 g/mol. The number of nitrogens with zero attached hydrogens (tertiary/aromatic N) is 3. The largest absolute Gasteiger partial charge is 0.383 e. The molecule has 0 aliphatic carbocycles. The fourth-order valence-corrected chi connectivity index (χ4v) is 3.75. The van der Waals surface area contributed by atoms with Gasteiger partial charge in [-0.2, -0.15) is 9.30 Å². The van der Waals surface area contributed by atoms with E-state index in [-0.39, 0.29) is 6.54 Å². The average Bonchev–Trinajstić information content (AvgIpc) is 2.81. The van der Waals surface area contributed by atoms with Crippen LogP contribution < -0.4 is 4.80 Å². The third kappa shape index (κ3) is 4.75. The summed E-state index contributed by atoms with van der Waals surface area (Å²) in [5, 5.41) is 0. The molecule has 1 aromatic heterocycles. The van der Waals surface area contributed by atoms with Gasteiger partial charge in [0.2, 0.25) is 10.0 Å². The molecule has 2 aromatic rings. The summed E-state index contributed by atoms with van der Waals surface area (Å²) in [4.78, 5) is 16.9. The van der Waals surface area contributed by atoms with Crippen LogP contribution in [0.15, 0.2) is 17.1 Å². The quantitative estimate of drug-likeness (QED) is 0.750. The van der Waals surface area contributed by atoms with Crippen LogP contribution in [0.1, 0.15) is 11.1 Å². The number of carbonyl (C=O) groups is 1. The maximum absolute atomic E-state index is 12.2. The summed E-state index contributed by atoms with van der Waals surface area (Å²) in [5.74, 6) is -0.501. The van der Waals surface area contributed by atoms with E-state index in [1.54, 1.807) is 7.11 Å². The predicted octanol–water partition coefficient (Wildman–Crippen LogP) is 1.28. The van der Waals surface area contributed by atoms with E-state index in [1.165, 1.54) is 23.9 Å². The van der Waals surface area contributed by atoms with Crippen LogP contribution in [0.2, 0.25) is 0 Å². The van der Waals surface area contributed by atoms with Crippen molar-refractivity contribution in [3.05, 3.63) is 28.1 Å². The number of likely N-dealkylation sites (N-methyl/N-ethyl adjacent to an activating group) is 1. The first-order chi connectivity index (χ1) is 11.6. The van der Waals surface area contributed by atoms with Gasteiger partial charge in [0.1, 0.15) is 0 Å². The lowest BCUT2D eigenvalue weighted by atomic mass is 10.1. The molecular weight excluding hydrogens is 362 g/mol. The molecule has 0 atom stereocenters. The number of hydrogen-bond donors (Lipinski definition) is 0. The second kappa shape index (κ2) is 7.77. The highest BCUT2D eigenvalue weighted by atomic mass is 32.2. The third-order valence-electron chi connectivity index (χ3n) is 3.96. The van der Waals surface area contributed by atoms with Gasteiger partial charge in [-0.3, -0.25) is 4.79 Å². The van der Waals surface area contributed by atoms with Gasteiger partial charge in [0.25, 0.3) is 5.91 Å². The van der Waals surface area contributed by atoms with Gasteiger partial charge in [0.05, 0.1) is 29.6 Å². The maximum atomic E-state index is 12.2. The molecule has 0 aliphatic rings. The van der Waals surface area contributed by atoms with Crippen molar-refractivity contribution in [2.24, 2.45) is 4.99 Å². The number of methoxy groups -OCH3 is 1. The van der Waals surface area contributed by atoms with Gasteiger partial charge in [0.15, 0.2) is 4.80 Å². The van der Waals surface area contributed by atoms with Crippen molar-refractivity contribution in [3.8, 4) is 0 Å². The molecule has 138 valence electrons. The Morgan fingerprint density at radius 2 is 1.96 bits per heavy atom. The molecule has 0 saturated heterocycles. The van der Waals surface area contributed by atoms with Crippen molar-refractivity contribution in [1.82, 2.24) is 8.87 Å². The van der Waals surface area contributed by atoms with Crippen molar-refractivity contribution in [2.75, 3.05) is 33.6 Å². The highest BCUT2D eigenvalue weighted by Crippen LogP contribution is 2.22. The number of aryl methyl sites for hydroxylation is 2. The molecule has 2 rings (SSSR count). The van der Waals surface area contributed by atoms with Crippen molar-refractivity contribution in [3.63, 3.8) is 0 Å². The van der Waals surface area contributed by atoms with Crippen molar-refractivity contribution in [2.45, 2.75) is 20.4 Å². The number of hydrogen-bond acceptors (Lipinski definition) is 5. The molecule has 0 N–H and O–H groups in total. The molecular formula is C16H23N3O4S2. The Bertz CT molecular complexity index is 958. The van der Waals surface area contributed by atoms with Crippen LogP contribution in [0.5, 0.6) is 0 Å². The van der Waals surface area contributed by atoms with E-state index in [9.17, 15) is 13.2 Å². The number of rotatable bonds is 6. The Labute approximate surface area is 151 Å². The molecule has 0 radical (unpaired) electrons. The number of thiazole rings is 1. The zero-order valence-electron chi connectivity index (χ0n) is 15.1. The molecule has 9 heteroatoms. The third-order valence-corrected chi connectivity index (χ3v) is 6.26. The summed E-state index contributed by atoms with van der Waals surface area (Å²) in [6, 6.07) is 4.15. The Balaban J connectivity index is 2.49. The molecule has 1 amide bonds. The van der Waals surface area contributed by atoms with E-state index < -0.39 is 15.9 Å². The zero-order chi connectivity index (χ0) is 18.8. The minimum absolute atomic E-state index is 0.282. The monoisotopic (exact) mass is 385 g/mol. The summed E-state index contributed by atoms with van der Waals surface area (Å²) in [6.45, 7) is 4.85. The molecule has 0 saturated carbocycles. The number of amides is 1. The van der Waals surface area contributed by atoms with Crippen LogP contribution in [0.4, 0.5) is 0 Å². The zero-order valence-corrected chi connectivity index (χ0v) is 16.7. The lowest BCUT2D eigenvalue weighted by molar-refractivity contribution is -0.118. The van der Waals surface area contributed by atoms with Gasteiger partial charge in [-0.25, -0.2) is 8.42 Å². The molecule has 0 aliphatic heterocycles. The highest BCUT2D eigenvalue weighted by molar-refractivity contribution is 7.88. The second-order valence-corrected chi connectivity index (χ2v) is 9.06. The number of carbonyl (C=O) groups excluding carboxylic acids is 1. The topological polar surface area (TPSA) is 81.0 Å². The lowest BCUT2D eigenvalue weighted by Gasteiger charge is -2.10. The van der Waals surface area contributed by atoms with Gasteiger partial charge in [-0.05, 0) is 37.1 Å². The normalized spacial score (nSPS) is 13.1. The van der Waals surface area contributed by atoms with Crippen LogP contribution >= 0.6 is 11.3 Å². The van der Waals surface area contributed by atoms with E-state index in [1.807, 2.05) is 18.4 Å². The fraction of sp³-hybridized carbons (Fsp3) is 0.500. The summed E-state index contributed by atoms with van der Waals surface area (Å²) in [5.41, 5.74) is 3.32. The molecule has 1 heterocycles. The molecule has 0 fully saturated rings. The molecule has 25 heavy (non-hydrogen) atoms. The Hall–Kier alpha value is -1.55. The van der Waals surface area contributed by atoms with Crippen LogP contribution in [-0.2, 0) is 26.1 Å². The molecule has 0 unspecified atom stereocenters. The van der Waals surface area contributed by atoms with E-state index in [0.717, 1.165) is 26.3 Å². The molecule has 7 nitrogen and oxygen atoms in total. The Morgan fingerprint density at radius 1 is 1.32 bits per heavy atom. The maximum Gasteiger partial charge on any atom is 0.263 e. The standard InChI is InChI=1S/C16H23N3O4S2/c1-11-8-13-14(9-12(11)2)24-16(19(13)6-7-23-4)17-15(20)10-18(3)25(5,21)22/h8-9H,6-7,10H2,1-5H3. The van der Waals surface area contributed by atoms with Gasteiger partial charge < -0.3 is 9.30 Å². The van der Waals surface area contributed by atoms with Crippen LogP contribution in [0.3, 0.4) is 0 Å². The van der Waals surface area contributed by atoms with Crippen LogP contribution in [0.25, 0.3) is 10.2 Å². The first kappa shape index (κ1) is 19.8. The molecule has 0 spiro atoms. The van der Waals surface area contributed by atoms with E-state index in [0.29, 0.717) is 18.0 Å². The number of sulfonamides is 1. The number of benzene rings is 1. The van der Waals surface area contributed by atoms with Crippen LogP contribution in [-0.4, -0.2) is 56.8 Å². The summed E-state index contributed by atoms with van der Waals surface area (Å²) >= 11 is 1.41. The summed E-state index contributed by atoms with van der Waals surface area (Å²) < 4.78 is 32.0. The summed E-state index contributed by atoms with van der Waals surface area (Å²) in [6.07, 6.45) is 1.06. The van der Waals surface area contributed by atoms with Crippen molar-refractivity contribution >= 4 is 37.5 Å². The second-order valence-electron chi connectivity index (χ2n) is 5.96. The summed E-state index contributed by atoms with van der Waals surface area (Å²) in [7, 11) is -0.442. The number of fused-ring (bicyclic) bond motifs is 1.